The summed E-state index contributed by atoms with van der Waals surface area (Å²) in [5, 5.41) is 0. The molecule has 1 aromatic carbocycles. The SMILES string of the molecule is CCOC(=O)c1cc(Br)c(F)c(I)c1. The lowest BCUT2D eigenvalue weighted by molar-refractivity contribution is 0.0526. The van der Waals surface area contributed by atoms with Gasteiger partial charge in [-0.3, -0.25) is 0 Å². The number of benzene rings is 1. The quantitative estimate of drug-likeness (QED) is 0.452. The van der Waals surface area contributed by atoms with Gasteiger partial charge in [0, 0.05) is 0 Å². The molecule has 0 bridgehead atoms. The van der Waals surface area contributed by atoms with E-state index < -0.39 is 5.97 Å². The topological polar surface area (TPSA) is 26.3 Å². The molecule has 0 aliphatic carbocycles. The Morgan fingerprint density at radius 1 is 1.64 bits per heavy atom. The summed E-state index contributed by atoms with van der Waals surface area (Å²) in [6.45, 7) is 2.03. The fraction of sp³-hybridized carbons (Fsp3) is 0.222. The maximum absolute atomic E-state index is 13.2. The molecule has 1 rings (SSSR count). The number of hydrogen-bond acceptors (Lipinski definition) is 2. The zero-order chi connectivity index (χ0) is 10.7. The molecule has 0 radical (unpaired) electrons. The van der Waals surface area contributed by atoms with Crippen LogP contribution in [0.1, 0.15) is 17.3 Å². The summed E-state index contributed by atoms with van der Waals surface area (Å²) in [5.41, 5.74) is 0.351. The highest BCUT2D eigenvalue weighted by molar-refractivity contribution is 14.1. The molecule has 2 nitrogen and oxygen atoms in total. The molecule has 76 valence electrons. The first kappa shape index (κ1) is 11.9. The van der Waals surface area contributed by atoms with E-state index in [-0.39, 0.29) is 10.3 Å². The normalized spacial score (nSPS) is 10.0. The number of esters is 1. The highest BCUT2D eigenvalue weighted by Gasteiger charge is 2.12. The summed E-state index contributed by atoms with van der Waals surface area (Å²) >= 11 is 4.85. The Balaban J connectivity index is 3.06. The Morgan fingerprint density at radius 2 is 2.29 bits per heavy atom. The largest absolute Gasteiger partial charge is 0.462 e. The lowest BCUT2D eigenvalue weighted by Gasteiger charge is -2.04. The van der Waals surface area contributed by atoms with E-state index in [9.17, 15) is 9.18 Å². The van der Waals surface area contributed by atoms with Crippen molar-refractivity contribution in [3.63, 3.8) is 0 Å². The van der Waals surface area contributed by atoms with Gasteiger partial charge >= 0.3 is 5.97 Å². The maximum Gasteiger partial charge on any atom is 0.338 e. The summed E-state index contributed by atoms with van der Waals surface area (Å²) in [6.07, 6.45) is 0. The van der Waals surface area contributed by atoms with Gasteiger partial charge in [-0.2, -0.15) is 0 Å². The number of rotatable bonds is 2. The van der Waals surface area contributed by atoms with Gasteiger partial charge in [0.1, 0.15) is 0 Å². The fourth-order valence-electron chi connectivity index (χ4n) is 0.888. The Kier molecular flexibility index (Phi) is 4.31. The molecular formula is C9H7BrFIO2. The minimum absolute atomic E-state index is 0.271. The molecule has 0 saturated carbocycles. The number of ether oxygens (including phenoxy) is 1. The van der Waals surface area contributed by atoms with Crippen LogP contribution in [-0.2, 0) is 4.74 Å². The van der Waals surface area contributed by atoms with E-state index in [1.165, 1.54) is 12.1 Å². The maximum atomic E-state index is 13.2. The van der Waals surface area contributed by atoms with Crippen molar-refractivity contribution in [3.05, 3.63) is 31.6 Å². The zero-order valence-corrected chi connectivity index (χ0v) is 11.1. The summed E-state index contributed by atoms with van der Waals surface area (Å²) in [4.78, 5) is 11.3. The van der Waals surface area contributed by atoms with Gasteiger partial charge in [0.25, 0.3) is 0 Å². The van der Waals surface area contributed by atoms with E-state index in [0.29, 0.717) is 15.7 Å². The molecule has 1 aromatic rings. The van der Waals surface area contributed by atoms with Crippen LogP contribution < -0.4 is 0 Å². The molecule has 0 aromatic heterocycles. The van der Waals surface area contributed by atoms with Gasteiger partial charge in [-0.25, -0.2) is 9.18 Å². The highest BCUT2D eigenvalue weighted by atomic mass is 127. The smallest absolute Gasteiger partial charge is 0.338 e. The van der Waals surface area contributed by atoms with Crippen molar-refractivity contribution in [2.24, 2.45) is 0 Å². The van der Waals surface area contributed by atoms with Crippen LogP contribution in [-0.4, -0.2) is 12.6 Å². The van der Waals surface area contributed by atoms with Crippen molar-refractivity contribution in [2.45, 2.75) is 6.92 Å². The highest BCUT2D eigenvalue weighted by Crippen LogP contribution is 2.23. The molecule has 0 fully saturated rings. The minimum Gasteiger partial charge on any atom is -0.462 e. The van der Waals surface area contributed by atoms with Crippen LogP contribution in [0.5, 0.6) is 0 Å². The van der Waals surface area contributed by atoms with E-state index in [0.717, 1.165) is 0 Å². The average Bonchev–Trinajstić information content (AvgIpc) is 2.13. The molecule has 0 N–H and O–H groups in total. The first-order chi connectivity index (χ1) is 6.56. The molecule has 0 aliphatic rings. The molecule has 0 unspecified atom stereocenters. The molecule has 0 saturated heterocycles. The van der Waals surface area contributed by atoms with Gasteiger partial charge in [0.2, 0.25) is 0 Å². The van der Waals surface area contributed by atoms with E-state index in [4.69, 9.17) is 4.74 Å². The number of carbonyl (C=O) groups excluding carboxylic acids is 1. The summed E-state index contributed by atoms with van der Waals surface area (Å²) in [7, 11) is 0. The van der Waals surface area contributed by atoms with Crippen LogP contribution in [0.2, 0.25) is 0 Å². The van der Waals surface area contributed by atoms with Crippen LogP contribution in [0.15, 0.2) is 16.6 Å². The van der Waals surface area contributed by atoms with E-state index in [1.54, 1.807) is 6.92 Å². The molecule has 0 heterocycles. The van der Waals surface area contributed by atoms with Crippen LogP contribution in [0.25, 0.3) is 0 Å². The number of carbonyl (C=O) groups is 1. The Bertz CT molecular complexity index is 345. The Hall–Kier alpha value is -0.170. The van der Waals surface area contributed by atoms with Crippen molar-refractivity contribution in [3.8, 4) is 0 Å². The van der Waals surface area contributed by atoms with E-state index in [2.05, 4.69) is 15.9 Å². The third-order valence-corrected chi connectivity index (χ3v) is 2.86. The second-order valence-corrected chi connectivity index (χ2v) is 4.49. The second-order valence-electron chi connectivity index (χ2n) is 2.47. The van der Waals surface area contributed by atoms with Gasteiger partial charge in [0.05, 0.1) is 20.2 Å². The van der Waals surface area contributed by atoms with Crippen LogP contribution >= 0.6 is 38.5 Å². The standard InChI is InChI=1S/C9H7BrFIO2/c1-2-14-9(13)5-3-6(10)8(11)7(12)4-5/h3-4H,2H2,1H3. The van der Waals surface area contributed by atoms with E-state index >= 15 is 0 Å². The van der Waals surface area contributed by atoms with Crippen LogP contribution in [0.3, 0.4) is 0 Å². The molecule has 0 atom stereocenters. The van der Waals surface area contributed by atoms with E-state index in [1.807, 2.05) is 22.6 Å². The van der Waals surface area contributed by atoms with Crippen molar-refractivity contribution in [1.29, 1.82) is 0 Å². The summed E-state index contributed by atoms with van der Waals surface area (Å²) in [6, 6.07) is 2.87. The molecule has 14 heavy (non-hydrogen) atoms. The molecular weight excluding hydrogens is 366 g/mol. The first-order valence-electron chi connectivity index (χ1n) is 3.88. The lowest BCUT2D eigenvalue weighted by Crippen LogP contribution is -2.05. The average molecular weight is 373 g/mol. The van der Waals surface area contributed by atoms with Crippen molar-refractivity contribution >= 4 is 44.5 Å². The van der Waals surface area contributed by atoms with Gasteiger partial charge < -0.3 is 4.74 Å². The first-order valence-corrected chi connectivity index (χ1v) is 5.75. The number of halogens is 3. The summed E-state index contributed by atoms with van der Waals surface area (Å²) < 4.78 is 18.6. The predicted molar refractivity (Wildman–Crippen MR) is 62.8 cm³/mol. The number of hydrogen-bond donors (Lipinski definition) is 0. The summed E-state index contributed by atoms with van der Waals surface area (Å²) in [5.74, 6) is -0.801. The molecule has 5 heteroatoms. The van der Waals surface area contributed by atoms with Crippen LogP contribution in [0, 0.1) is 9.39 Å². The van der Waals surface area contributed by atoms with Crippen molar-refractivity contribution < 1.29 is 13.9 Å². The van der Waals surface area contributed by atoms with Crippen LogP contribution in [0.4, 0.5) is 4.39 Å². The zero-order valence-electron chi connectivity index (χ0n) is 7.31. The van der Waals surface area contributed by atoms with Crippen molar-refractivity contribution in [1.82, 2.24) is 0 Å². The Labute approximate surface area is 103 Å². The third-order valence-electron chi connectivity index (χ3n) is 1.49. The van der Waals surface area contributed by atoms with Gasteiger partial charge in [-0.05, 0) is 57.6 Å². The second kappa shape index (κ2) is 5.06. The predicted octanol–water partition coefficient (Wildman–Crippen LogP) is 3.37. The minimum atomic E-state index is -0.439. The molecule has 0 spiro atoms. The van der Waals surface area contributed by atoms with Gasteiger partial charge in [-0.15, -0.1) is 0 Å². The van der Waals surface area contributed by atoms with Gasteiger partial charge in [-0.1, -0.05) is 0 Å². The molecule has 0 aliphatic heterocycles. The molecule has 0 amide bonds. The van der Waals surface area contributed by atoms with Crippen molar-refractivity contribution in [2.75, 3.05) is 6.61 Å². The fourth-order valence-corrected chi connectivity index (χ4v) is 2.34. The third kappa shape index (κ3) is 2.66. The lowest BCUT2D eigenvalue weighted by atomic mass is 10.2. The monoisotopic (exact) mass is 372 g/mol. The Morgan fingerprint density at radius 3 is 2.79 bits per heavy atom. The van der Waals surface area contributed by atoms with Gasteiger partial charge in [0.15, 0.2) is 5.82 Å².